The first-order valence-electron chi connectivity index (χ1n) is 8.28. The summed E-state index contributed by atoms with van der Waals surface area (Å²) in [5.41, 5.74) is 1.17. The van der Waals surface area contributed by atoms with Crippen LogP contribution in [0, 0.1) is 0 Å². The Morgan fingerprint density at radius 3 is 2.70 bits per heavy atom. The molecule has 1 atom stereocenters. The van der Waals surface area contributed by atoms with Crippen LogP contribution in [0.25, 0.3) is 6.08 Å². The quantitative estimate of drug-likeness (QED) is 0.434. The number of benzene rings is 1. The van der Waals surface area contributed by atoms with Gasteiger partial charge in [-0.3, -0.25) is 14.5 Å². The molecule has 2 rings (SSSR count). The molecule has 7 nitrogen and oxygen atoms in total. The van der Waals surface area contributed by atoms with Crippen molar-refractivity contribution in [3.05, 3.63) is 40.8 Å². The van der Waals surface area contributed by atoms with Gasteiger partial charge in [-0.25, -0.2) is 4.79 Å². The van der Waals surface area contributed by atoms with Gasteiger partial charge in [0.25, 0.3) is 11.1 Å². The Morgan fingerprint density at radius 2 is 2.11 bits per heavy atom. The third-order valence-electron chi connectivity index (χ3n) is 3.89. The average molecular weight is 391 g/mol. The van der Waals surface area contributed by atoms with Crippen LogP contribution in [0.3, 0.4) is 0 Å². The Kier molecular flexibility index (Phi) is 6.68. The minimum Gasteiger partial charge on any atom is -0.504 e. The van der Waals surface area contributed by atoms with Crippen molar-refractivity contribution in [2.45, 2.75) is 26.3 Å². The number of phenolic OH excluding ortho intramolecular Hbond substituents is 1. The first-order valence-corrected chi connectivity index (χ1v) is 9.10. The number of esters is 1. The zero-order valence-electron chi connectivity index (χ0n) is 15.4. The van der Waals surface area contributed by atoms with E-state index in [9.17, 15) is 19.5 Å². The zero-order chi connectivity index (χ0) is 20.1. The highest BCUT2D eigenvalue weighted by Crippen LogP contribution is 2.37. The molecule has 27 heavy (non-hydrogen) atoms. The van der Waals surface area contributed by atoms with Crippen molar-refractivity contribution in [1.82, 2.24) is 4.90 Å². The van der Waals surface area contributed by atoms with Crippen LogP contribution >= 0.6 is 11.8 Å². The molecule has 1 aromatic rings. The number of methoxy groups -OCH3 is 1. The highest BCUT2D eigenvalue weighted by molar-refractivity contribution is 8.18. The Bertz CT molecular complexity index is 817. The monoisotopic (exact) mass is 391 g/mol. The van der Waals surface area contributed by atoms with Crippen molar-refractivity contribution in [1.29, 1.82) is 0 Å². The van der Waals surface area contributed by atoms with Crippen molar-refractivity contribution < 1.29 is 29.0 Å². The third kappa shape index (κ3) is 4.33. The first-order chi connectivity index (χ1) is 12.8. The number of carbonyl (C=O) groups excluding carboxylic acids is 3. The summed E-state index contributed by atoms with van der Waals surface area (Å²) in [7, 11) is 1.20. The SMILES string of the molecule is C=CCc1cc(/C=C2/SC(=O)N([C@H](C)C(=O)OC)C2=O)cc(OCC)c1O. The van der Waals surface area contributed by atoms with Gasteiger partial charge in [0.15, 0.2) is 11.5 Å². The highest BCUT2D eigenvalue weighted by Gasteiger charge is 2.41. The number of hydrogen-bond acceptors (Lipinski definition) is 7. The van der Waals surface area contributed by atoms with Gasteiger partial charge in [0, 0.05) is 5.56 Å². The Balaban J connectivity index is 2.40. The van der Waals surface area contributed by atoms with Crippen molar-refractivity contribution in [3.8, 4) is 11.5 Å². The topological polar surface area (TPSA) is 93.1 Å². The second kappa shape index (κ2) is 8.77. The lowest BCUT2D eigenvalue weighted by atomic mass is 10.0. The molecule has 0 bridgehead atoms. The number of thioether (sulfide) groups is 1. The first kappa shape index (κ1) is 20.6. The molecular weight excluding hydrogens is 370 g/mol. The van der Waals surface area contributed by atoms with E-state index >= 15 is 0 Å². The van der Waals surface area contributed by atoms with Crippen molar-refractivity contribution >= 4 is 35.0 Å². The zero-order valence-corrected chi connectivity index (χ0v) is 16.2. The predicted octanol–water partition coefficient (Wildman–Crippen LogP) is 3.12. The number of carbonyl (C=O) groups is 3. The molecule has 0 radical (unpaired) electrons. The molecule has 0 aromatic heterocycles. The van der Waals surface area contributed by atoms with E-state index in [1.807, 2.05) is 0 Å². The number of phenols is 1. The van der Waals surface area contributed by atoms with E-state index in [-0.39, 0.29) is 16.4 Å². The molecule has 0 aliphatic carbocycles. The van der Waals surface area contributed by atoms with Gasteiger partial charge in [-0.05, 0) is 55.8 Å². The maximum Gasteiger partial charge on any atom is 0.328 e. The number of amides is 2. The fraction of sp³-hybridized carbons (Fsp3) is 0.316. The normalized spacial score (nSPS) is 16.6. The van der Waals surface area contributed by atoms with E-state index in [0.717, 1.165) is 16.7 Å². The molecule has 1 aliphatic rings. The number of ether oxygens (including phenoxy) is 2. The van der Waals surface area contributed by atoms with Crippen LogP contribution < -0.4 is 4.74 Å². The number of nitrogens with zero attached hydrogens (tertiary/aromatic N) is 1. The molecule has 0 spiro atoms. The molecule has 0 saturated carbocycles. The van der Waals surface area contributed by atoms with Gasteiger partial charge < -0.3 is 14.6 Å². The summed E-state index contributed by atoms with van der Waals surface area (Å²) in [5, 5.41) is 9.71. The lowest BCUT2D eigenvalue weighted by Gasteiger charge is -2.18. The average Bonchev–Trinajstić information content (AvgIpc) is 2.91. The van der Waals surface area contributed by atoms with Gasteiger partial charge in [0.1, 0.15) is 6.04 Å². The number of hydrogen-bond donors (Lipinski definition) is 1. The molecule has 2 amide bonds. The number of imide groups is 1. The molecule has 144 valence electrons. The summed E-state index contributed by atoms with van der Waals surface area (Å²) in [6.45, 7) is 7.24. The second-order valence-corrected chi connectivity index (χ2v) is 6.70. The van der Waals surface area contributed by atoms with Crippen LogP contribution in [-0.4, -0.2) is 46.9 Å². The summed E-state index contributed by atoms with van der Waals surface area (Å²) in [5.74, 6) is -0.944. The van der Waals surface area contributed by atoms with E-state index in [2.05, 4.69) is 11.3 Å². The minimum atomic E-state index is -1.01. The maximum absolute atomic E-state index is 12.6. The van der Waals surface area contributed by atoms with Crippen LogP contribution in [-0.2, 0) is 20.7 Å². The van der Waals surface area contributed by atoms with Gasteiger partial charge in [0.2, 0.25) is 0 Å². The molecule has 1 fully saturated rings. The van der Waals surface area contributed by atoms with Crippen molar-refractivity contribution in [2.24, 2.45) is 0 Å². The molecule has 1 saturated heterocycles. The van der Waals surface area contributed by atoms with Crippen molar-refractivity contribution in [3.63, 3.8) is 0 Å². The fourth-order valence-electron chi connectivity index (χ4n) is 2.59. The standard InChI is InChI=1S/C19H21NO6S/c1-5-7-13-8-12(9-14(16(13)21)26-6-2)10-15-17(22)20(19(24)27-15)11(3)18(23)25-4/h5,8-11,21H,1,6-7H2,2-4H3/b15-10+/t11-/m1/s1. The summed E-state index contributed by atoms with van der Waals surface area (Å²) in [4.78, 5) is 37.5. The highest BCUT2D eigenvalue weighted by atomic mass is 32.2. The van der Waals surface area contributed by atoms with Crippen LogP contribution in [0.4, 0.5) is 4.79 Å². The predicted molar refractivity (Wildman–Crippen MR) is 102 cm³/mol. The molecule has 1 aliphatic heterocycles. The van der Waals surface area contributed by atoms with E-state index in [1.165, 1.54) is 20.1 Å². The van der Waals surface area contributed by atoms with Crippen LogP contribution in [0.5, 0.6) is 11.5 Å². The van der Waals surface area contributed by atoms with Crippen molar-refractivity contribution in [2.75, 3.05) is 13.7 Å². The van der Waals surface area contributed by atoms with Gasteiger partial charge in [0.05, 0.1) is 18.6 Å². The Labute approximate surface area is 161 Å². The maximum atomic E-state index is 12.6. The van der Waals surface area contributed by atoms with E-state index in [1.54, 1.807) is 25.1 Å². The van der Waals surface area contributed by atoms with Crippen LogP contribution in [0.2, 0.25) is 0 Å². The molecule has 1 heterocycles. The van der Waals surface area contributed by atoms with Crippen LogP contribution in [0.15, 0.2) is 29.7 Å². The molecule has 0 unspecified atom stereocenters. The number of rotatable bonds is 7. The summed E-state index contributed by atoms with van der Waals surface area (Å²) >= 11 is 0.743. The molecule has 8 heteroatoms. The number of aromatic hydroxyl groups is 1. The summed E-state index contributed by atoms with van der Waals surface area (Å²) in [6.07, 6.45) is 3.58. The number of allylic oxidation sites excluding steroid dienone is 1. The second-order valence-electron chi connectivity index (χ2n) is 5.70. The van der Waals surface area contributed by atoms with Gasteiger partial charge in [-0.1, -0.05) is 6.08 Å². The van der Waals surface area contributed by atoms with E-state index in [4.69, 9.17) is 4.74 Å². The van der Waals surface area contributed by atoms with Crippen LogP contribution in [0.1, 0.15) is 25.0 Å². The third-order valence-corrected chi connectivity index (χ3v) is 4.77. The summed E-state index contributed by atoms with van der Waals surface area (Å²) < 4.78 is 10.0. The fourth-order valence-corrected chi connectivity index (χ4v) is 3.50. The minimum absolute atomic E-state index is 0.0151. The van der Waals surface area contributed by atoms with E-state index in [0.29, 0.717) is 24.2 Å². The lowest BCUT2D eigenvalue weighted by molar-refractivity contribution is -0.148. The Morgan fingerprint density at radius 1 is 1.41 bits per heavy atom. The molecular formula is C19H21NO6S. The summed E-state index contributed by atoms with van der Waals surface area (Å²) in [6, 6.07) is 2.27. The molecule has 1 N–H and O–H groups in total. The lowest BCUT2D eigenvalue weighted by Crippen LogP contribution is -2.42. The Hall–Kier alpha value is -2.74. The van der Waals surface area contributed by atoms with Gasteiger partial charge in [-0.2, -0.15) is 0 Å². The smallest absolute Gasteiger partial charge is 0.328 e. The van der Waals surface area contributed by atoms with Gasteiger partial charge in [-0.15, -0.1) is 6.58 Å². The largest absolute Gasteiger partial charge is 0.504 e. The van der Waals surface area contributed by atoms with Gasteiger partial charge >= 0.3 is 5.97 Å². The molecule has 1 aromatic carbocycles. The van der Waals surface area contributed by atoms with E-state index < -0.39 is 23.2 Å².